The van der Waals surface area contributed by atoms with Gasteiger partial charge in [-0.1, -0.05) is 19.1 Å². The SMILES string of the molecule is CN=C(NCC(C)CSc1ccccc1OC)N1CCCC(CC(N)=O)C1.I. The van der Waals surface area contributed by atoms with Crippen LogP contribution in [0, 0.1) is 11.8 Å². The van der Waals surface area contributed by atoms with Crippen LogP contribution in [-0.4, -0.2) is 56.3 Å². The lowest BCUT2D eigenvalue weighted by atomic mass is 9.95. The number of hydrogen-bond donors (Lipinski definition) is 2. The van der Waals surface area contributed by atoms with E-state index in [0.717, 1.165) is 49.9 Å². The molecule has 8 heteroatoms. The van der Waals surface area contributed by atoms with E-state index < -0.39 is 0 Å². The second kappa shape index (κ2) is 13.1. The minimum Gasteiger partial charge on any atom is -0.496 e. The molecule has 1 aliphatic rings. The molecule has 1 aromatic rings. The number of likely N-dealkylation sites (tertiary alicyclic amines) is 1. The van der Waals surface area contributed by atoms with Gasteiger partial charge in [-0.15, -0.1) is 35.7 Å². The Morgan fingerprint density at radius 2 is 2.21 bits per heavy atom. The topological polar surface area (TPSA) is 80.0 Å². The first-order chi connectivity index (χ1) is 13.0. The average molecular weight is 520 g/mol. The highest BCUT2D eigenvalue weighted by molar-refractivity contribution is 14.0. The number of carbonyl (C=O) groups excluding carboxylic acids is 1. The molecule has 0 radical (unpaired) electrons. The van der Waals surface area contributed by atoms with Gasteiger partial charge in [-0.25, -0.2) is 0 Å². The fraction of sp³-hybridized carbons (Fsp3) is 0.600. The summed E-state index contributed by atoms with van der Waals surface area (Å²) in [6.07, 6.45) is 2.58. The van der Waals surface area contributed by atoms with Gasteiger partial charge in [0.15, 0.2) is 5.96 Å². The lowest BCUT2D eigenvalue weighted by molar-refractivity contribution is -0.119. The number of amides is 1. The quantitative estimate of drug-likeness (QED) is 0.238. The number of ether oxygens (including phenoxy) is 1. The Bertz CT molecular complexity index is 644. The first-order valence-corrected chi connectivity index (χ1v) is 10.5. The van der Waals surface area contributed by atoms with Crippen LogP contribution in [0.3, 0.4) is 0 Å². The van der Waals surface area contributed by atoms with Crippen molar-refractivity contribution in [3.63, 3.8) is 0 Å². The van der Waals surface area contributed by atoms with E-state index >= 15 is 0 Å². The molecule has 1 fully saturated rings. The zero-order chi connectivity index (χ0) is 19.6. The summed E-state index contributed by atoms with van der Waals surface area (Å²) in [5.41, 5.74) is 5.36. The van der Waals surface area contributed by atoms with E-state index in [1.807, 2.05) is 37.0 Å². The zero-order valence-corrected chi connectivity index (χ0v) is 20.2. The number of methoxy groups -OCH3 is 1. The minimum atomic E-state index is -0.216. The number of para-hydroxylation sites is 1. The molecular weight excluding hydrogens is 487 g/mol. The average Bonchev–Trinajstić information content (AvgIpc) is 2.67. The molecule has 0 aromatic heterocycles. The Hall–Kier alpha value is -1.16. The third kappa shape index (κ3) is 8.06. The molecule has 0 bridgehead atoms. The van der Waals surface area contributed by atoms with Crippen molar-refractivity contribution >= 4 is 47.6 Å². The largest absolute Gasteiger partial charge is 0.496 e. The summed E-state index contributed by atoms with van der Waals surface area (Å²) in [5, 5.41) is 3.49. The summed E-state index contributed by atoms with van der Waals surface area (Å²) in [6, 6.07) is 8.11. The summed E-state index contributed by atoms with van der Waals surface area (Å²) in [7, 11) is 3.52. The van der Waals surface area contributed by atoms with E-state index in [9.17, 15) is 4.79 Å². The van der Waals surface area contributed by atoms with Gasteiger partial charge in [0.2, 0.25) is 5.91 Å². The summed E-state index contributed by atoms with van der Waals surface area (Å²) in [4.78, 5) is 19.1. The first kappa shape index (κ1) is 24.9. The number of guanidine groups is 1. The van der Waals surface area contributed by atoms with Crippen LogP contribution in [0.2, 0.25) is 0 Å². The number of rotatable bonds is 8. The maximum absolute atomic E-state index is 11.2. The van der Waals surface area contributed by atoms with Gasteiger partial charge >= 0.3 is 0 Å². The normalized spacial score (nSPS) is 18.2. The van der Waals surface area contributed by atoms with Crippen LogP contribution >= 0.6 is 35.7 Å². The second-order valence-corrected chi connectivity index (χ2v) is 8.18. The molecule has 0 saturated carbocycles. The van der Waals surface area contributed by atoms with Crippen molar-refractivity contribution in [1.82, 2.24) is 10.2 Å². The van der Waals surface area contributed by atoms with E-state index in [2.05, 4.69) is 28.2 Å². The number of nitrogens with one attached hydrogen (secondary N) is 1. The molecule has 1 aromatic carbocycles. The van der Waals surface area contributed by atoms with Crippen molar-refractivity contribution in [2.45, 2.75) is 31.1 Å². The molecule has 6 nitrogen and oxygen atoms in total. The van der Waals surface area contributed by atoms with Crippen LogP contribution in [0.5, 0.6) is 5.75 Å². The minimum absolute atomic E-state index is 0. The van der Waals surface area contributed by atoms with Crippen LogP contribution in [0.15, 0.2) is 34.2 Å². The highest BCUT2D eigenvalue weighted by Gasteiger charge is 2.23. The molecule has 0 spiro atoms. The number of nitrogens with zero attached hydrogens (tertiary/aromatic N) is 2. The molecule has 1 heterocycles. The predicted octanol–water partition coefficient (Wildman–Crippen LogP) is 3.20. The number of hydrogen-bond acceptors (Lipinski definition) is 4. The molecule has 2 unspecified atom stereocenters. The van der Waals surface area contributed by atoms with Crippen LogP contribution in [0.1, 0.15) is 26.2 Å². The maximum Gasteiger partial charge on any atom is 0.217 e. The van der Waals surface area contributed by atoms with Crippen molar-refractivity contribution in [3.8, 4) is 5.75 Å². The fourth-order valence-electron chi connectivity index (χ4n) is 3.34. The molecule has 28 heavy (non-hydrogen) atoms. The molecule has 1 amide bonds. The number of thioether (sulfide) groups is 1. The van der Waals surface area contributed by atoms with Crippen LogP contribution in [-0.2, 0) is 4.79 Å². The number of piperidine rings is 1. The van der Waals surface area contributed by atoms with Gasteiger partial charge in [-0.2, -0.15) is 0 Å². The number of carbonyl (C=O) groups is 1. The fourth-order valence-corrected chi connectivity index (χ4v) is 4.39. The van der Waals surface area contributed by atoms with Crippen LogP contribution < -0.4 is 15.8 Å². The molecule has 158 valence electrons. The Balaban J connectivity index is 0.00000392. The van der Waals surface area contributed by atoms with Gasteiger partial charge in [0.05, 0.1) is 7.11 Å². The van der Waals surface area contributed by atoms with Gasteiger partial charge in [-0.05, 0) is 36.8 Å². The monoisotopic (exact) mass is 520 g/mol. The van der Waals surface area contributed by atoms with Crippen LogP contribution in [0.25, 0.3) is 0 Å². The predicted molar refractivity (Wildman–Crippen MR) is 128 cm³/mol. The number of halogens is 1. The van der Waals surface area contributed by atoms with E-state index in [0.29, 0.717) is 18.3 Å². The summed E-state index contributed by atoms with van der Waals surface area (Å²) in [6.45, 7) is 4.90. The third-order valence-electron chi connectivity index (χ3n) is 4.72. The van der Waals surface area contributed by atoms with E-state index in [1.54, 1.807) is 7.11 Å². The molecule has 1 saturated heterocycles. The standard InChI is InChI=1S/C20H32N4O2S.HI/c1-15(14-27-18-9-5-4-8-17(18)26-3)12-23-20(22-2)24-10-6-7-16(13-24)11-19(21)25;/h4-5,8-9,15-16H,6-7,10-14H2,1-3H3,(H2,21,25)(H,22,23);1H. The van der Waals surface area contributed by atoms with Crippen molar-refractivity contribution in [2.75, 3.05) is 39.5 Å². The molecule has 1 aliphatic heterocycles. The number of benzene rings is 1. The smallest absolute Gasteiger partial charge is 0.217 e. The highest BCUT2D eigenvalue weighted by Crippen LogP contribution is 2.29. The van der Waals surface area contributed by atoms with E-state index in [4.69, 9.17) is 10.5 Å². The third-order valence-corrected chi connectivity index (χ3v) is 6.11. The maximum atomic E-state index is 11.2. The van der Waals surface area contributed by atoms with Crippen molar-refractivity contribution < 1.29 is 9.53 Å². The molecular formula is C20H33IN4O2S. The van der Waals surface area contributed by atoms with Crippen molar-refractivity contribution in [1.29, 1.82) is 0 Å². The summed E-state index contributed by atoms with van der Waals surface area (Å²) in [5.74, 6) is 3.42. The lowest BCUT2D eigenvalue weighted by Gasteiger charge is -2.35. The van der Waals surface area contributed by atoms with Crippen molar-refractivity contribution in [3.05, 3.63) is 24.3 Å². The van der Waals surface area contributed by atoms with E-state index in [1.165, 1.54) is 4.90 Å². The molecule has 0 aliphatic carbocycles. The van der Waals surface area contributed by atoms with Gasteiger partial charge in [0.25, 0.3) is 0 Å². The second-order valence-electron chi connectivity index (χ2n) is 7.12. The summed E-state index contributed by atoms with van der Waals surface area (Å²) >= 11 is 1.81. The van der Waals surface area contributed by atoms with Crippen LogP contribution in [0.4, 0.5) is 0 Å². The lowest BCUT2D eigenvalue weighted by Crippen LogP contribution is -2.48. The van der Waals surface area contributed by atoms with Gasteiger partial charge in [0.1, 0.15) is 5.75 Å². The Kier molecular flexibility index (Phi) is 11.7. The first-order valence-electron chi connectivity index (χ1n) is 9.53. The van der Waals surface area contributed by atoms with Gasteiger partial charge < -0.3 is 20.7 Å². The molecule has 2 rings (SSSR count). The summed E-state index contributed by atoms with van der Waals surface area (Å²) < 4.78 is 5.41. The Morgan fingerprint density at radius 3 is 2.89 bits per heavy atom. The number of aliphatic imine (C=N–C) groups is 1. The van der Waals surface area contributed by atoms with Gasteiger partial charge in [-0.3, -0.25) is 9.79 Å². The Morgan fingerprint density at radius 1 is 1.46 bits per heavy atom. The molecule has 2 atom stereocenters. The van der Waals surface area contributed by atoms with Gasteiger partial charge in [0, 0.05) is 43.8 Å². The highest BCUT2D eigenvalue weighted by atomic mass is 127. The van der Waals surface area contributed by atoms with Crippen molar-refractivity contribution in [2.24, 2.45) is 22.6 Å². The number of primary amides is 1. The Labute approximate surface area is 190 Å². The zero-order valence-electron chi connectivity index (χ0n) is 17.0. The molecule has 3 N–H and O–H groups in total. The number of nitrogens with two attached hydrogens (primary N) is 1. The van der Waals surface area contributed by atoms with E-state index in [-0.39, 0.29) is 29.9 Å².